The van der Waals surface area contributed by atoms with Crippen molar-refractivity contribution in [3.63, 3.8) is 0 Å². The number of nitrogens with zero attached hydrogens (tertiary/aromatic N) is 2. The second-order valence-corrected chi connectivity index (χ2v) is 6.48. The Labute approximate surface area is 124 Å². The van der Waals surface area contributed by atoms with E-state index < -0.39 is 0 Å². The van der Waals surface area contributed by atoms with Crippen LogP contribution in [-0.4, -0.2) is 28.7 Å². The second-order valence-electron chi connectivity index (χ2n) is 4.60. The fraction of sp³-hybridized carbons (Fsp3) is 0.308. The van der Waals surface area contributed by atoms with Gasteiger partial charge in [0.15, 0.2) is 5.13 Å². The fourth-order valence-corrected chi connectivity index (χ4v) is 3.90. The summed E-state index contributed by atoms with van der Waals surface area (Å²) in [5, 5.41) is 7.13. The van der Waals surface area contributed by atoms with Crippen molar-refractivity contribution in [3.8, 4) is 0 Å². The molecule has 104 valence electrons. The van der Waals surface area contributed by atoms with Crippen LogP contribution in [0.5, 0.6) is 0 Å². The van der Waals surface area contributed by atoms with Crippen LogP contribution in [0.1, 0.15) is 17.3 Å². The summed E-state index contributed by atoms with van der Waals surface area (Å²) < 4.78 is 0. The van der Waals surface area contributed by atoms with Gasteiger partial charge in [0.25, 0.3) is 0 Å². The fourth-order valence-electron chi connectivity index (χ4n) is 2.44. The van der Waals surface area contributed by atoms with Crippen LogP contribution in [0.4, 0.5) is 5.13 Å². The highest BCUT2D eigenvalue weighted by atomic mass is 32.1. The van der Waals surface area contributed by atoms with Crippen LogP contribution < -0.4 is 5.32 Å². The van der Waals surface area contributed by atoms with Gasteiger partial charge in [-0.15, -0.1) is 22.7 Å². The van der Waals surface area contributed by atoms with E-state index in [-0.39, 0.29) is 30.2 Å². The molecule has 2 aromatic rings. The third-order valence-corrected chi connectivity index (χ3v) is 5.05. The Kier molecular flexibility index (Phi) is 3.54. The topological polar surface area (TPSA) is 62.3 Å². The predicted octanol–water partition coefficient (Wildman–Crippen LogP) is 2.36. The highest BCUT2D eigenvalue weighted by Crippen LogP contribution is 2.39. The number of anilines is 1. The predicted molar refractivity (Wildman–Crippen MR) is 78.7 cm³/mol. The van der Waals surface area contributed by atoms with Crippen molar-refractivity contribution in [1.82, 2.24) is 9.88 Å². The summed E-state index contributed by atoms with van der Waals surface area (Å²) in [4.78, 5) is 31.1. The Balaban J connectivity index is 1.83. The maximum absolute atomic E-state index is 12.4. The lowest BCUT2D eigenvalue weighted by Gasteiger charge is -2.22. The van der Waals surface area contributed by atoms with Crippen molar-refractivity contribution >= 4 is 39.6 Å². The first-order valence-electron chi connectivity index (χ1n) is 6.16. The number of hydrogen-bond acceptors (Lipinski definition) is 5. The SMILES string of the molecule is CN1C(=O)CC(C(=O)Nc2nccs2)C1c1cccs1. The van der Waals surface area contributed by atoms with Gasteiger partial charge in [-0.1, -0.05) is 6.07 Å². The van der Waals surface area contributed by atoms with E-state index >= 15 is 0 Å². The van der Waals surface area contributed by atoms with Crippen molar-refractivity contribution in [2.24, 2.45) is 5.92 Å². The molecule has 2 aromatic heterocycles. The van der Waals surface area contributed by atoms with Gasteiger partial charge in [0, 0.05) is 29.9 Å². The summed E-state index contributed by atoms with van der Waals surface area (Å²) in [7, 11) is 1.75. The first-order valence-corrected chi connectivity index (χ1v) is 7.92. The molecule has 1 aliphatic rings. The molecule has 20 heavy (non-hydrogen) atoms. The molecule has 0 saturated carbocycles. The zero-order chi connectivity index (χ0) is 14.1. The maximum atomic E-state index is 12.4. The molecule has 2 atom stereocenters. The molecule has 0 bridgehead atoms. The third-order valence-electron chi connectivity index (χ3n) is 3.42. The zero-order valence-corrected chi connectivity index (χ0v) is 12.4. The lowest BCUT2D eigenvalue weighted by atomic mass is 9.98. The van der Waals surface area contributed by atoms with Crippen LogP contribution in [0, 0.1) is 5.92 Å². The number of rotatable bonds is 3. The van der Waals surface area contributed by atoms with Gasteiger partial charge in [-0.3, -0.25) is 9.59 Å². The van der Waals surface area contributed by atoms with Crippen molar-refractivity contribution in [2.45, 2.75) is 12.5 Å². The summed E-state index contributed by atoms with van der Waals surface area (Å²) in [5.74, 6) is -0.506. The molecule has 3 rings (SSSR count). The molecule has 1 N–H and O–H groups in total. The summed E-state index contributed by atoms with van der Waals surface area (Å²) in [6.45, 7) is 0. The van der Waals surface area contributed by atoms with Crippen molar-refractivity contribution in [1.29, 1.82) is 0 Å². The van der Waals surface area contributed by atoms with E-state index in [9.17, 15) is 9.59 Å². The number of thiophene rings is 1. The van der Waals surface area contributed by atoms with E-state index in [2.05, 4.69) is 10.3 Å². The average Bonchev–Trinajstić information content (AvgIpc) is 3.13. The molecule has 1 aliphatic heterocycles. The van der Waals surface area contributed by atoms with E-state index in [4.69, 9.17) is 0 Å². The Hall–Kier alpha value is -1.73. The van der Waals surface area contributed by atoms with Gasteiger partial charge in [0.2, 0.25) is 11.8 Å². The summed E-state index contributed by atoms with van der Waals surface area (Å²) >= 11 is 2.94. The lowest BCUT2D eigenvalue weighted by Crippen LogP contribution is -2.29. The Morgan fingerprint density at radius 3 is 2.95 bits per heavy atom. The van der Waals surface area contributed by atoms with E-state index in [1.807, 2.05) is 17.5 Å². The third kappa shape index (κ3) is 2.34. The van der Waals surface area contributed by atoms with Crippen molar-refractivity contribution < 1.29 is 9.59 Å². The summed E-state index contributed by atoms with van der Waals surface area (Å²) in [6, 6.07) is 3.73. The number of aromatic nitrogens is 1. The number of hydrogen-bond donors (Lipinski definition) is 1. The van der Waals surface area contributed by atoms with Crippen molar-refractivity contribution in [3.05, 3.63) is 34.0 Å². The van der Waals surface area contributed by atoms with Crippen LogP contribution in [0.3, 0.4) is 0 Å². The number of thiazole rings is 1. The smallest absolute Gasteiger partial charge is 0.232 e. The molecule has 2 amide bonds. The van der Waals surface area contributed by atoms with Gasteiger partial charge in [-0.25, -0.2) is 4.98 Å². The quantitative estimate of drug-likeness (QED) is 0.947. The minimum absolute atomic E-state index is 0.00249. The molecule has 0 aromatic carbocycles. The van der Waals surface area contributed by atoms with Crippen LogP contribution in [0.2, 0.25) is 0 Å². The van der Waals surface area contributed by atoms with Gasteiger partial charge in [0.05, 0.1) is 12.0 Å². The molecule has 0 aliphatic carbocycles. The van der Waals surface area contributed by atoms with Crippen LogP contribution >= 0.6 is 22.7 Å². The molecule has 7 heteroatoms. The number of amides is 2. The van der Waals surface area contributed by atoms with Crippen molar-refractivity contribution in [2.75, 3.05) is 12.4 Å². The van der Waals surface area contributed by atoms with Gasteiger partial charge in [-0.2, -0.15) is 0 Å². The first kappa shape index (κ1) is 13.3. The Morgan fingerprint density at radius 1 is 1.45 bits per heavy atom. The number of nitrogens with one attached hydrogen (secondary N) is 1. The minimum Gasteiger partial charge on any atom is -0.337 e. The normalized spacial score (nSPS) is 22.2. The highest BCUT2D eigenvalue weighted by molar-refractivity contribution is 7.13. The number of likely N-dealkylation sites (tertiary alicyclic amines) is 1. The molecule has 1 fully saturated rings. The molecular formula is C13H13N3O2S2. The second kappa shape index (κ2) is 5.34. The molecule has 2 unspecified atom stereocenters. The largest absolute Gasteiger partial charge is 0.337 e. The van der Waals surface area contributed by atoms with Gasteiger partial charge in [-0.05, 0) is 11.4 Å². The Bertz CT molecular complexity index is 610. The number of carbonyl (C=O) groups is 2. The van der Waals surface area contributed by atoms with E-state index in [0.29, 0.717) is 5.13 Å². The molecule has 3 heterocycles. The van der Waals surface area contributed by atoms with E-state index in [1.54, 1.807) is 34.9 Å². The molecule has 0 radical (unpaired) electrons. The monoisotopic (exact) mass is 307 g/mol. The van der Waals surface area contributed by atoms with Crippen LogP contribution in [-0.2, 0) is 9.59 Å². The van der Waals surface area contributed by atoms with Crippen LogP contribution in [0.25, 0.3) is 0 Å². The lowest BCUT2D eigenvalue weighted by molar-refractivity contribution is -0.127. The highest BCUT2D eigenvalue weighted by Gasteiger charge is 2.43. The van der Waals surface area contributed by atoms with E-state index in [1.165, 1.54) is 11.3 Å². The number of carbonyl (C=O) groups excluding carboxylic acids is 2. The standard InChI is InChI=1S/C13H13N3O2S2/c1-16-10(17)7-8(11(16)9-3-2-5-19-9)12(18)15-13-14-4-6-20-13/h2-6,8,11H,7H2,1H3,(H,14,15,18). The molecule has 5 nitrogen and oxygen atoms in total. The minimum atomic E-state index is -0.366. The average molecular weight is 307 g/mol. The summed E-state index contributed by atoms with van der Waals surface area (Å²) in [5.41, 5.74) is 0. The van der Waals surface area contributed by atoms with Gasteiger partial charge in [0.1, 0.15) is 0 Å². The zero-order valence-electron chi connectivity index (χ0n) is 10.8. The van der Waals surface area contributed by atoms with Gasteiger partial charge >= 0.3 is 0 Å². The van der Waals surface area contributed by atoms with E-state index in [0.717, 1.165) is 4.88 Å². The maximum Gasteiger partial charge on any atom is 0.232 e. The van der Waals surface area contributed by atoms with Gasteiger partial charge < -0.3 is 10.2 Å². The first-order chi connectivity index (χ1) is 9.66. The Morgan fingerprint density at radius 2 is 2.30 bits per heavy atom. The molecular weight excluding hydrogens is 294 g/mol. The summed E-state index contributed by atoms with van der Waals surface area (Å²) in [6.07, 6.45) is 1.89. The molecule has 0 spiro atoms. The molecule has 1 saturated heterocycles. The van der Waals surface area contributed by atoms with Crippen LogP contribution in [0.15, 0.2) is 29.1 Å².